The van der Waals surface area contributed by atoms with Crippen molar-refractivity contribution in [3.8, 4) is 5.75 Å². The molecule has 1 aliphatic rings. The number of halogens is 1. The van der Waals surface area contributed by atoms with Crippen LogP contribution in [0, 0.1) is 0 Å². The van der Waals surface area contributed by atoms with Crippen LogP contribution in [0.2, 0.25) is 0 Å². The quantitative estimate of drug-likeness (QED) is 0.779. The minimum Gasteiger partial charge on any atom is -0.494 e. The average molecular weight is 356 g/mol. The van der Waals surface area contributed by atoms with Gasteiger partial charge >= 0.3 is 0 Å². The van der Waals surface area contributed by atoms with E-state index >= 15 is 0 Å². The predicted octanol–water partition coefficient (Wildman–Crippen LogP) is 3.10. The second-order valence-electron chi connectivity index (χ2n) is 5.80. The maximum atomic E-state index is 12.6. The topological polar surface area (TPSA) is 38.8 Å². The highest BCUT2D eigenvalue weighted by molar-refractivity contribution is 9.09. The van der Waals surface area contributed by atoms with Crippen LogP contribution in [0.5, 0.6) is 5.75 Å². The molecule has 1 aliphatic heterocycles. The molecule has 4 nitrogen and oxygen atoms in total. The summed E-state index contributed by atoms with van der Waals surface area (Å²) in [5, 5.41) is 0.726. The van der Waals surface area contributed by atoms with Crippen molar-refractivity contribution in [2.24, 2.45) is 0 Å². The molecule has 0 saturated carbocycles. The van der Waals surface area contributed by atoms with Crippen LogP contribution in [0.15, 0.2) is 24.3 Å². The third kappa shape index (κ3) is 4.20. The summed E-state index contributed by atoms with van der Waals surface area (Å²) in [5.74, 6) is 0.829. The first kappa shape index (κ1) is 16.3. The number of hydrogen-bond acceptors (Lipinski definition) is 3. The van der Waals surface area contributed by atoms with Crippen molar-refractivity contribution in [2.75, 3.05) is 25.0 Å². The summed E-state index contributed by atoms with van der Waals surface area (Å²) in [6.45, 7) is 7.80. The molecule has 0 radical (unpaired) electrons. The van der Waals surface area contributed by atoms with Gasteiger partial charge in [-0.1, -0.05) is 15.9 Å². The molecule has 2 rings (SSSR count). The number of benzene rings is 1. The van der Waals surface area contributed by atoms with E-state index in [1.54, 1.807) is 0 Å². The molecule has 1 aromatic rings. The summed E-state index contributed by atoms with van der Waals surface area (Å²) in [4.78, 5) is 14.5. The van der Waals surface area contributed by atoms with E-state index in [1.807, 2.05) is 49.9 Å². The van der Waals surface area contributed by atoms with Gasteiger partial charge in [-0.15, -0.1) is 0 Å². The van der Waals surface area contributed by atoms with E-state index in [4.69, 9.17) is 9.47 Å². The summed E-state index contributed by atoms with van der Waals surface area (Å²) in [6.07, 6.45) is 0.0281. The lowest BCUT2D eigenvalue weighted by molar-refractivity contribution is -0.116. The van der Waals surface area contributed by atoms with Crippen molar-refractivity contribution in [1.29, 1.82) is 0 Å². The van der Waals surface area contributed by atoms with E-state index in [0.717, 1.165) is 11.1 Å². The molecule has 0 bridgehead atoms. The van der Waals surface area contributed by atoms with Crippen LogP contribution in [-0.2, 0) is 4.74 Å². The van der Waals surface area contributed by atoms with Crippen LogP contribution in [0.1, 0.15) is 31.1 Å². The zero-order valence-corrected chi connectivity index (χ0v) is 14.4. The van der Waals surface area contributed by atoms with E-state index in [9.17, 15) is 4.79 Å². The minimum absolute atomic E-state index is 0.0281. The summed E-state index contributed by atoms with van der Waals surface area (Å²) in [6, 6.07) is 7.31. The number of carbonyl (C=O) groups excluding carboxylic acids is 1. The molecule has 1 unspecified atom stereocenters. The van der Waals surface area contributed by atoms with E-state index < -0.39 is 0 Å². The molecule has 1 atom stereocenters. The van der Waals surface area contributed by atoms with Crippen LogP contribution in [0.4, 0.5) is 0 Å². The zero-order valence-electron chi connectivity index (χ0n) is 12.8. The third-order valence-electron chi connectivity index (χ3n) is 3.35. The molecular formula is C16H22BrNO3. The Morgan fingerprint density at radius 1 is 1.43 bits per heavy atom. The lowest BCUT2D eigenvalue weighted by Gasteiger charge is -2.42. The fraction of sp³-hybridized carbons (Fsp3) is 0.562. The Bertz CT molecular complexity index is 487. The standard InChI is InChI=1S/C16H22BrNO3/c1-4-20-13-7-5-12(6-8-13)15(19)18-10-14(9-17)21-16(2,3)11-18/h5-8,14H,4,9-11H2,1-3H3. The monoisotopic (exact) mass is 355 g/mol. The molecule has 0 aromatic heterocycles. The molecule has 0 N–H and O–H groups in total. The Morgan fingerprint density at radius 3 is 2.67 bits per heavy atom. The Hall–Kier alpha value is -1.07. The summed E-state index contributed by atoms with van der Waals surface area (Å²) < 4.78 is 11.3. The number of rotatable bonds is 4. The number of amides is 1. The molecule has 1 saturated heterocycles. The summed E-state index contributed by atoms with van der Waals surface area (Å²) in [5.41, 5.74) is 0.363. The van der Waals surface area contributed by atoms with E-state index in [0.29, 0.717) is 25.3 Å². The van der Waals surface area contributed by atoms with Crippen LogP contribution in [0.3, 0.4) is 0 Å². The number of nitrogens with zero attached hydrogens (tertiary/aromatic N) is 1. The third-order valence-corrected chi connectivity index (χ3v) is 4.08. The molecular weight excluding hydrogens is 334 g/mol. The SMILES string of the molecule is CCOc1ccc(C(=O)N2CC(CBr)OC(C)(C)C2)cc1. The number of morpholine rings is 1. The van der Waals surface area contributed by atoms with Crippen molar-refractivity contribution in [3.05, 3.63) is 29.8 Å². The fourth-order valence-electron chi connectivity index (χ4n) is 2.57. The van der Waals surface area contributed by atoms with Gasteiger partial charge in [-0.2, -0.15) is 0 Å². The van der Waals surface area contributed by atoms with Crippen LogP contribution >= 0.6 is 15.9 Å². The fourth-order valence-corrected chi connectivity index (χ4v) is 2.91. The first-order valence-corrected chi connectivity index (χ1v) is 8.33. The largest absolute Gasteiger partial charge is 0.494 e. The van der Waals surface area contributed by atoms with Crippen molar-refractivity contribution in [1.82, 2.24) is 4.90 Å². The number of carbonyl (C=O) groups is 1. The van der Waals surface area contributed by atoms with Gasteiger partial charge in [0, 0.05) is 24.0 Å². The van der Waals surface area contributed by atoms with Crippen molar-refractivity contribution in [2.45, 2.75) is 32.5 Å². The summed E-state index contributed by atoms with van der Waals surface area (Å²) in [7, 11) is 0. The van der Waals surface area contributed by atoms with Crippen molar-refractivity contribution < 1.29 is 14.3 Å². The molecule has 1 heterocycles. The Kier molecular flexibility index (Phi) is 5.27. The minimum atomic E-state index is -0.322. The van der Waals surface area contributed by atoms with Gasteiger partial charge in [0.2, 0.25) is 0 Å². The normalized spacial score (nSPS) is 21.1. The first-order chi connectivity index (χ1) is 9.95. The zero-order chi connectivity index (χ0) is 15.5. The Morgan fingerprint density at radius 2 is 2.10 bits per heavy atom. The van der Waals surface area contributed by atoms with E-state index in [1.165, 1.54) is 0 Å². The molecule has 116 valence electrons. The molecule has 1 fully saturated rings. The van der Waals surface area contributed by atoms with Gasteiger partial charge in [0.15, 0.2) is 0 Å². The Labute approximate surface area is 134 Å². The van der Waals surface area contributed by atoms with Crippen molar-refractivity contribution in [3.63, 3.8) is 0 Å². The van der Waals surface area contributed by atoms with Gasteiger partial charge in [-0.3, -0.25) is 4.79 Å². The average Bonchev–Trinajstić information content (AvgIpc) is 2.46. The second kappa shape index (κ2) is 6.79. The van der Waals surface area contributed by atoms with Crippen LogP contribution < -0.4 is 4.74 Å². The second-order valence-corrected chi connectivity index (χ2v) is 6.44. The highest BCUT2D eigenvalue weighted by atomic mass is 79.9. The van der Waals surface area contributed by atoms with Crippen molar-refractivity contribution >= 4 is 21.8 Å². The molecule has 1 amide bonds. The highest BCUT2D eigenvalue weighted by Crippen LogP contribution is 2.24. The van der Waals surface area contributed by atoms with Gasteiger partial charge in [0.1, 0.15) is 5.75 Å². The van der Waals surface area contributed by atoms with Gasteiger partial charge in [0.25, 0.3) is 5.91 Å². The van der Waals surface area contributed by atoms with Crippen LogP contribution in [-0.4, -0.2) is 47.5 Å². The van der Waals surface area contributed by atoms with Gasteiger partial charge < -0.3 is 14.4 Å². The number of alkyl halides is 1. The molecule has 0 spiro atoms. The first-order valence-electron chi connectivity index (χ1n) is 7.21. The number of hydrogen-bond donors (Lipinski definition) is 0. The number of ether oxygens (including phenoxy) is 2. The van der Waals surface area contributed by atoms with E-state index in [-0.39, 0.29) is 17.6 Å². The van der Waals surface area contributed by atoms with Gasteiger partial charge in [-0.25, -0.2) is 0 Å². The predicted molar refractivity (Wildman–Crippen MR) is 86.3 cm³/mol. The highest BCUT2D eigenvalue weighted by Gasteiger charge is 2.35. The molecule has 1 aromatic carbocycles. The lowest BCUT2D eigenvalue weighted by Crippen LogP contribution is -2.55. The van der Waals surface area contributed by atoms with Gasteiger partial charge in [0.05, 0.1) is 18.3 Å². The maximum Gasteiger partial charge on any atom is 0.254 e. The van der Waals surface area contributed by atoms with Gasteiger partial charge in [-0.05, 0) is 45.0 Å². The van der Waals surface area contributed by atoms with E-state index in [2.05, 4.69) is 15.9 Å². The molecule has 21 heavy (non-hydrogen) atoms. The smallest absolute Gasteiger partial charge is 0.254 e. The maximum absolute atomic E-state index is 12.6. The molecule has 5 heteroatoms. The summed E-state index contributed by atoms with van der Waals surface area (Å²) >= 11 is 3.44. The Balaban J connectivity index is 2.11. The lowest BCUT2D eigenvalue weighted by atomic mass is 10.0. The molecule has 0 aliphatic carbocycles. The van der Waals surface area contributed by atoms with Crippen LogP contribution in [0.25, 0.3) is 0 Å².